The second-order valence-corrected chi connectivity index (χ2v) is 6.05. The lowest BCUT2D eigenvalue weighted by molar-refractivity contribution is -0.143. The van der Waals surface area contributed by atoms with Crippen LogP contribution in [0, 0.1) is 5.92 Å². The first-order valence-corrected chi connectivity index (χ1v) is 7.31. The summed E-state index contributed by atoms with van der Waals surface area (Å²) in [7, 11) is 0. The van der Waals surface area contributed by atoms with Crippen LogP contribution in [-0.2, 0) is 9.59 Å². The van der Waals surface area contributed by atoms with E-state index in [-0.39, 0.29) is 23.9 Å². The maximum absolute atomic E-state index is 12.2. The summed E-state index contributed by atoms with van der Waals surface area (Å²) in [6, 6.07) is 3.90. The van der Waals surface area contributed by atoms with Crippen LogP contribution in [0.25, 0.3) is 6.08 Å². The molecule has 0 radical (unpaired) electrons. The van der Waals surface area contributed by atoms with E-state index in [0.29, 0.717) is 6.42 Å². The molecule has 5 heteroatoms. The minimum atomic E-state index is -0.771. The molecule has 2 saturated heterocycles. The molecule has 3 heterocycles. The maximum atomic E-state index is 12.2. The third-order valence-electron chi connectivity index (χ3n) is 4.04. The number of amides is 1. The van der Waals surface area contributed by atoms with Crippen molar-refractivity contribution in [3.8, 4) is 0 Å². The van der Waals surface area contributed by atoms with E-state index in [0.717, 1.165) is 17.7 Å². The van der Waals surface area contributed by atoms with Crippen LogP contribution in [0.2, 0.25) is 0 Å². The Morgan fingerprint density at radius 3 is 2.89 bits per heavy atom. The maximum Gasteiger partial charge on any atom is 0.308 e. The first-order valence-electron chi connectivity index (χ1n) is 6.43. The Balaban J connectivity index is 1.73. The van der Waals surface area contributed by atoms with E-state index in [1.165, 1.54) is 0 Å². The third kappa shape index (κ3) is 2.18. The van der Waals surface area contributed by atoms with Crippen molar-refractivity contribution in [1.82, 2.24) is 4.90 Å². The number of carbonyl (C=O) groups is 2. The lowest BCUT2D eigenvalue weighted by atomic mass is 9.89. The predicted molar refractivity (Wildman–Crippen MR) is 72.8 cm³/mol. The minimum Gasteiger partial charge on any atom is -0.481 e. The molecule has 2 fully saturated rings. The Bertz CT molecular complexity index is 523. The molecular formula is C14H15NO3S. The van der Waals surface area contributed by atoms with Gasteiger partial charge in [0.05, 0.1) is 5.92 Å². The number of nitrogens with zero attached hydrogens (tertiary/aromatic N) is 1. The normalized spacial score (nSPS) is 29.3. The average molecular weight is 277 g/mol. The van der Waals surface area contributed by atoms with Gasteiger partial charge in [0.2, 0.25) is 5.91 Å². The van der Waals surface area contributed by atoms with E-state index in [4.69, 9.17) is 5.11 Å². The summed E-state index contributed by atoms with van der Waals surface area (Å²) in [5.74, 6) is -1.20. The van der Waals surface area contributed by atoms with E-state index < -0.39 is 5.97 Å². The van der Waals surface area contributed by atoms with Crippen LogP contribution in [0.15, 0.2) is 23.6 Å². The molecule has 1 aromatic heterocycles. The summed E-state index contributed by atoms with van der Waals surface area (Å²) in [6.45, 7) is 0. The Kier molecular flexibility index (Phi) is 3.14. The van der Waals surface area contributed by atoms with Crippen LogP contribution in [0.5, 0.6) is 0 Å². The monoisotopic (exact) mass is 277 g/mol. The zero-order chi connectivity index (χ0) is 13.4. The number of rotatable bonds is 3. The molecule has 3 rings (SSSR count). The quantitative estimate of drug-likeness (QED) is 0.862. The number of hydrogen-bond acceptors (Lipinski definition) is 3. The Hall–Kier alpha value is -1.62. The lowest BCUT2D eigenvalue weighted by Crippen LogP contribution is -2.36. The van der Waals surface area contributed by atoms with Crippen LogP contribution >= 0.6 is 11.3 Å². The molecule has 2 aliphatic rings. The number of carbonyl (C=O) groups excluding carboxylic acids is 1. The third-order valence-corrected chi connectivity index (χ3v) is 4.88. The number of thiophene rings is 1. The highest BCUT2D eigenvalue weighted by Crippen LogP contribution is 2.41. The summed E-state index contributed by atoms with van der Waals surface area (Å²) in [5, 5.41) is 11.1. The fraction of sp³-hybridized carbons (Fsp3) is 0.429. The van der Waals surface area contributed by atoms with Gasteiger partial charge in [-0.15, -0.1) is 11.3 Å². The van der Waals surface area contributed by atoms with Crippen LogP contribution in [-0.4, -0.2) is 34.0 Å². The van der Waals surface area contributed by atoms with Gasteiger partial charge < -0.3 is 10.0 Å². The molecule has 1 N–H and O–H groups in total. The molecule has 19 heavy (non-hydrogen) atoms. The topological polar surface area (TPSA) is 57.6 Å². The summed E-state index contributed by atoms with van der Waals surface area (Å²) < 4.78 is 0. The van der Waals surface area contributed by atoms with Gasteiger partial charge in [-0.3, -0.25) is 9.59 Å². The van der Waals surface area contributed by atoms with Crippen molar-refractivity contribution in [2.45, 2.75) is 31.3 Å². The number of fused-ring (bicyclic) bond motifs is 2. The lowest BCUT2D eigenvalue weighted by Gasteiger charge is -2.21. The van der Waals surface area contributed by atoms with Gasteiger partial charge in [-0.05, 0) is 36.8 Å². The number of carboxylic acids is 1. The first-order chi connectivity index (χ1) is 9.16. The fourth-order valence-electron chi connectivity index (χ4n) is 3.22. The van der Waals surface area contributed by atoms with Gasteiger partial charge in [0.1, 0.15) is 0 Å². The minimum absolute atomic E-state index is 0.0512. The number of hydrogen-bond donors (Lipinski definition) is 1. The summed E-state index contributed by atoms with van der Waals surface area (Å²) in [6.07, 6.45) is 5.74. The van der Waals surface area contributed by atoms with Gasteiger partial charge in [0.15, 0.2) is 0 Å². The van der Waals surface area contributed by atoms with Crippen LogP contribution < -0.4 is 0 Å². The van der Waals surface area contributed by atoms with Gasteiger partial charge in [0, 0.05) is 23.0 Å². The fourth-order valence-corrected chi connectivity index (χ4v) is 3.84. The highest BCUT2D eigenvalue weighted by molar-refractivity contribution is 7.10. The van der Waals surface area contributed by atoms with Crippen molar-refractivity contribution >= 4 is 29.3 Å². The van der Waals surface area contributed by atoms with Crippen LogP contribution in [0.4, 0.5) is 0 Å². The molecule has 3 atom stereocenters. The smallest absolute Gasteiger partial charge is 0.308 e. The number of carboxylic acid groups (broad SMARTS) is 1. The van der Waals surface area contributed by atoms with Crippen molar-refractivity contribution < 1.29 is 14.7 Å². The summed E-state index contributed by atoms with van der Waals surface area (Å²) in [5.41, 5.74) is 0. The molecule has 100 valence electrons. The molecule has 4 nitrogen and oxygen atoms in total. The highest BCUT2D eigenvalue weighted by Gasteiger charge is 2.50. The second-order valence-electron chi connectivity index (χ2n) is 5.07. The Labute approximate surface area is 115 Å². The molecule has 1 amide bonds. The standard InChI is InChI=1S/C14H15NO3S/c16-13(6-4-10-2-1-7-19-10)15-9-3-5-12(15)11(8-9)14(17)18/h1-2,4,6-7,9,11-12H,3,5,8H2,(H,17,18)/b6-4+. The molecule has 1 aromatic rings. The molecule has 2 aliphatic heterocycles. The largest absolute Gasteiger partial charge is 0.481 e. The van der Waals surface area contributed by atoms with E-state index in [9.17, 15) is 9.59 Å². The second kappa shape index (κ2) is 4.81. The highest BCUT2D eigenvalue weighted by atomic mass is 32.1. The van der Waals surface area contributed by atoms with Gasteiger partial charge in [-0.1, -0.05) is 6.07 Å². The van der Waals surface area contributed by atoms with Gasteiger partial charge in [0.25, 0.3) is 0 Å². The van der Waals surface area contributed by atoms with E-state index >= 15 is 0 Å². The average Bonchev–Trinajstić information content (AvgIpc) is 3.11. The van der Waals surface area contributed by atoms with E-state index in [2.05, 4.69) is 0 Å². The molecular weight excluding hydrogens is 262 g/mol. The van der Waals surface area contributed by atoms with Crippen molar-refractivity contribution in [3.63, 3.8) is 0 Å². The van der Waals surface area contributed by atoms with Gasteiger partial charge >= 0.3 is 5.97 Å². The van der Waals surface area contributed by atoms with Crippen molar-refractivity contribution in [3.05, 3.63) is 28.5 Å². The molecule has 0 aromatic carbocycles. The van der Waals surface area contributed by atoms with Crippen molar-refractivity contribution in [2.24, 2.45) is 5.92 Å². The van der Waals surface area contributed by atoms with E-state index in [1.807, 2.05) is 17.5 Å². The summed E-state index contributed by atoms with van der Waals surface area (Å²) in [4.78, 5) is 26.2. The van der Waals surface area contributed by atoms with Crippen molar-refractivity contribution in [2.75, 3.05) is 0 Å². The predicted octanol–water partition coefficient (Wildman–Crippen LogP) is 2.23. The molecule has 0 saturated carbocycles. The summed E-state index contributed by atoms with van der Waals surface area (Å²) >= 11 is 1.58. The zero-order valence-corrected chi connectivity index (χ0v) is 11.2. The molecule has 0 aliphatic carbocycles. The first kappa shape index (κ1) is 12.4. The van der Waals surface area contributed by atoms with E-state index in [1.54, 1.807) is 28.4 Å². The SMILES string of the molecule is O=C(O)C1CC2CCC1N2C(=O)/C=C/c1cccs1. The van der Waals surface area contributed by atoms with Gasteiger partial charge in [-0.25, -0.2) is 0 Å². The molecule has 0 spiro atoms. The number of aliphatic carboxylic acids is 1. The van der Waals surface area contributed by atoms with Crippen molar-refractivity contribution in [1.29, 1.82) is 0 Å². The van der Waals surface area contributed by atoms with Crippen LogP contribution in [0.1, 0.15) is 24.1 Å². The van der Waals surface area contributed by atoms with Crippen LogP contribution in [0.3, 0.4) is 0 Å². The van der Waals surface area contributed by atoms with Gasteiger partial charge in [-0.2, -0.15) is 0 Å². The molecule has 2 bridgehead atoms. The Morgan fingerprint density at radius 1 is 1.42 bits per heavy atom. The zero-order valence-electron chi connectivity index (χ0n) is 10.4. The Morgan fingerprint density at radius 2 is 2.26 bits per heavy atom. The molecule has 3 unspecified atom stereocenters.